The number of fused-ring (bicyclic) bond motifs is 1. The third kappa shape index (κ3) is 6.79. The van der Waals surface area contributed by atoms with Crippen molar-refractivity contribution >= 4 is 58.5 Å². The van der Waals surface area contributed by atoms with E-state index in [1.807, 2.05) is 6.07 Å². The maximum Gasteiger partial charge on any atom is 0.323 e. The van der Waals surface area contributed by atoms with E-state index in [9.17, 15) is 28.3 Å². The number of carbonyl (C=O) groups excluding carboxylic acids is 3. The Labute approximate surface area is 259 Å². The Bertz CT molecular complexity index is 1530. The molecule has 10 nitrogen and oxygen atoms in total. The van der Waals surface area contributed by atoms with Gasteiger partial charge in [-0.05, 0) is 55.5 Å². The van der Waals surface area contributed by atoms with Crippen LogP contribution in [-0.2, 0) is 40.2 Å². The molecule has 0 radical (unpaired) electrons. The lowest BCUT2D eigenvalue weighted by Crippen LogP contribution is -2.57. The summed E-state index contributed by atoms with van der Waals surface area (Å²) in [6, 6.07) is 10.5. The van der Waals surface area contributed by atoms with E-state index in [1.165, 1.54) is 13.0 Å². The van der Waals surface area contributed by atoms with Crippen LogP contribution >= 0.6 is 18.2 Å². The van der Waals surface area contributed by atoms with Crippen molar-refractivity contribution in [2.75, 3.05) is 6.61 Å². The number of rotatable bonds is 11. The summed E-state index contributed by atoms with van der Waals surface area (Å²) in [5, 5.41) is 14.0. The van der Waals surface area contributed by atoms with Crippen molar-refractivity contribution in [2.45, 2.75) is 69.6 Å². The fourth-order valence-electron chi connectivity index (χ4n) is 4.44. The summed E-state index contributed by atoms with van der Waals surface area (Å²) >= 11 is 11.2. The molecule has 240 valence electrons. The molecule has 2 aromatic rings. The summed E-state index contributed by atoms with van der Waals surface area (Å²) in [5.74, 6) is -7.44. The molecule has 0 spiro atoms. The number of nitrogens with one attached hydrogen (secondary N) is 1. The van der Waals surface area contributed by atoms with Crippen molar-refractivity contribution in [3.8, 4) is 5.75 Å². The lowest BCUT2D eigenvalue weighted by molar-refractivity contribution is -0.242. The number of aliphatic hydroxyl groups is 1. The number of ether oxygens (including phenoxy) is 2. The Morgan fingerprint density at radius 1 is 1.20 bits per heavy atom. The highest BCUT2D eigenvalue weighted by molar-refractivity contribution is 8.09. The van der Waals surface area contributed by atoms with Gasteiger partial charge < -0.3 is 23.6 Å². The summed E-state index contributed by atoms with van der Waals surface area (Å²) in [4.78, 5) is 37.0. The van der Waals surface area contributed by atoms with Gasteiger partial charge in [-0.25, -0.2) is 13.9 Å². The number of Topliss-reactive ketones (excluding diaryl/α,β-unsaturated/α-hetero) is 1. The minimum atomic E-state index is -4.74. The van der Waals surface area contributed by atoms with Gasteiger partial charge in [0.1, 0.15) is 16.8 Å². The second-order valence-corrected chi connectivity index (χ2v) is 13.9. The number of hydrogen-bond acceptors (Lipinski definition) is 9. The van der Waals surface area contributed by atoms with E-state index < -0.39 is 84.8 Å². The van der Waals surface area contributed by atoms with Crippen LogP contribution < -0.4 is 9.61 Å². The van der Waals surface area contributed by atoms with E-state index in [2.05, 4.69) is 5.09 Å². The van der Waals surface area contributed by atoms with Gasteiger partial charge in [0.2, 0.25) is 11.5 Å². The van der Waals surface area contributed by atoms with Crippen molar-refractivity contribution < 1.29 is 55.6 Å². The predicted octanol–water partition coefficient (Wildman–Crippen LogP) is 4.63. The van der Waals surface area contributed by atoms with E-state index in [0.29, 0.717) is 16.5 Å². The van der Waals surface area contributed by atoms with Crippen molar-refractivity contribution in [3.63, 3.8) is 0 Å². The smallest absolute Gasteiger partial charge is 0.323 e. The number of alkyl halides is 4. The van der Waals surface area contributed by atoms with Crippen molar-refractivity contribution in [2.24, 2.45) is 0 Å². The fraction of sp³-hybridized carbons (Fsp3) is 0.444. The third-order valence-electron chi connectivity index (χ3n) is 6.73. The van der Waals surface area contributed by atoms with Gasteiger partial charge in [-0.15, -0.1) is 0 Å². The quantitative estimate of drug-likeness (QED) is 0.150. The zero-order chi connectivity index (χ0) is 32.6. The highest BCUT2D eigenvalue weighted by Crippen LogP contribution is 2.53. The van der Waals surface area contributed by atoms with E-state index >= 15 is 8.78 Å². The lowest BCUT2D eigenvalue weighted by atomic mass is 9.95. The topological polar surface area (TPSA) is 124 Å². The van der Waals surface area contributed by atoms with Crippen LogP contribution in [-0.4, -0.2) is 76.7 Å². The molecule has 1 amide bonds. The molecule has 0 saturated carbocycles. The van der Waals surface area contributed by atoms with Crippen LogP contribution in [0.2, 0.25) is 0 Å². The van der Waals surface area contributed by atoms with Crippen LogP contribution in [0.4, 0.5) is 17.6 Å². The third-order valence-corrected chi connectivity index (χ3v) is 9.52. The first-order valence-corrected chi connectivity index (χ1v) is 16.2. The molecule has 1 unspecified atom stereocenters. The Hall–Kier alpha value is -2.65. The van der Waals surface area contributed by atoms with Crippen LogP contribution in [0.25, 0.3) is 10.8 Å². The number of benzene rings is 2. The molecule has 0 aliphatic carbocycles. The maximum absolute atomic E-state index is 15.6. The zero-order valence-electron chi connectivity index (χ0n) is 23.4. The van der Waals surface area contributed by atoms with Gasteiger partial charge >= 0.3 is 18.5 Å². The van der Waals surface area contributed by atoms with E-state index in [1.54, 1.807) is 44.2 Å². The van der Waals surface area contributed by atoms with Crippen molar-refractivity contribution in [1.82, 2.24) is 9.99 Å². The maximum atomic E-state index is 15.6. The van der Waals surface area contributed by atoms with Crippen LogP contribution in [0, 0.1) is 0 Å². The molecule has 5 atom stereocenters. The summed E-state index contributed by atoms with van der Waals surface area (Å²) < 4.78 is 81.9. The Morgan fingerprint density at radius 3 is 2.50 bits per heavy atom. The average Bonchev–Trinajstić information content (AvgIpc) is 3.14. The number of ketones is 1. The predicted molar refractivity (Wildman–Crippen MR) is 154 cm³/mol. The summed E-state index contributed by atoms with van der Waals surface area (Å²) in [5.41, 5.74) is -3.86. The molecule has 0 bridgehead atoms. The second-order valence-electron chi connectivity index (χ2n) is 10.4. The van der Waals surface area contributed by atoms with Gasteiger partial charge in [0.15, 0.2) is 18.1 Å². The van der Waals surface area contributed by atoms with Gasteiger partial charge in [-0.1, -0.05) is 41.9 Å². The van der Waals surface area contributed by atoms with Crippen molar-refractivity contribution in [3.05, 3.63) is 53.7 Å². The molecule has 2 aliphatic heterocycles. The van der Waals surface area contributed by atoms with Gasteiger partial charge in [-0.3, -0.25) is 19.3 Å². The SMILES string of the molecule is CC(C)OC(=O)[C@H](C)NP(=S)(OC[C@@]1(C(F)F)O[C@@H](N2C=C(Cl)C(=O)CC2=O)[C@H](O)C1(F)F)Oc1ccc2ccccc2c1. The van der Waals surface area contributed by atoms with E-state index in [-0.39, 0.29) is 5.75 Å². The Balaban J connectivity index is 1.67. The Morgan fingerprint density at radius 2 is 1.86 bits per heavy atom. The summed E-state index contributed by atoms with van der Waals surface area (Å²) in [7, 11) is 0. The molecular formula is C27H28ClF4N2O8PS. The van der Waals surface area contributed by atoms with Gasteiger partial charge in [0.25, 0.3) is 6.43 Å². The molecule has 0 aromatic heterocycles. The molecule has 4 rings (SSSR count). The molecule has 17 heteroatoms. The molecule has 2 aromatic carbocycles. The minimum absolute atomic E-state index is 0.0652. The zero-order valence-corrected chi connectivity index (χ0v) is 25.9. The first kappa shape index (κ1) is 34.2. The lowest BCUT2D eigenvalue weighted by Gasteiger charge is -2.35. The number of amides is 1. The van der Waals surface area contributed by atoms with Crippen LogP contribution in [0.5, 0.6) is 5.75 Å². The molecule has 1 saturated heterocycles. The summed E-state index contributed by atoms with van der Waals surface area (Å²) in [6.07, 6.45) is -10.1. The first-order chi connectivity index (χ1) is 20.5. The van der Waals surface area contributed by atoms with Gasteiger partial charge in [-0.2, -0.15) is 8.78 Å². The summed E-state index contributed by atoms with van der Waals surface area (Å²) in [6.45, 7) is -1.34. The Kier molecular flexibility index (Phi) is 10.1. The highest BCUT2D eigenvalue weighted by Gasteiger charge is 2.74. The van der Waals surface area contributed by atoms with Crippen LogP contribution in [0.3, 0.4) is 0 Å². The molecule has 2 N–H and O–H groups in total. The second kappa shape index (κ2) is 13.0. The van der Waals surface area contributed by atoms with Gasteiger partial charge in [0, 0.05) is 6.20 Å². The minimum Gasteiger partial charge on any atom is -0.462 e. The average molecular weight is 683 g/mol. The number of halogens is 5. The number of carbonyl (C=O) groups is 3. The fourth-order valence-corrected chi connectivity index (χ4v) is 7.01. The number of nitrogens with zero attached hydrogens (tertiary/aromatic N) is 1. The first-order valence-electron chi connectivity index (χ1n) is 13.1. The number of hydrogen-bond donors (Lipinski definition) is 2. The number of aliphatic hydroxyl groups excluding tert-OH is 1. The largest absolute Gasteiger partial charge is 0.462 e. The highest BCUT2D eigenvalue weighted by atomic mass is 35.5. The number of allylic oxidation sites excluding steroid dienone is 1. The molecular weight excluding hydrogens is 655 g/mol. The van der Waals surface area contributed by atoms with Crippen molar-refractivity contribution in [1.29, 1.82) is 0 Å². The van der Waals surface area contributed by atoms with E-state index in [0.717, 1.165) is 5.39 Å². The standard InChI is InChI=1S/C27H28ClF4N2O8PS/c1-14(2)40-24(38)15(3)33-43(44,42-18-9-8-16-6-4-5-7-17(16)10-18)39-13-26(25(29)30)27(31,32)22(37)23(41-26)34-12-19(28)20(35)11-21(34)36/h4-10,12,14-15,22-23,25,37H,11,13H2,1-3H3,(H,33,44)/t15-,22-,23+,26-,43?/m0/s1. The normalized spacial score (nSPS) is 25.7. The molecule has 2 aliphatic rings. The van der Waals surface area contributed by atoms with E-state index in [4.69, 9.17) is 41.9 Å². The van der Waals surface area contributed by atoms with Gasteiger partial charge in [0.05, 0.1) is 19.1 Å². The molecule has 2 heterocycles. The monoisotopic (exact) mass is 682 g/mol. The number of esters is 1. The molecule has 1 fully saturated rings. The van der Waals surface area contributed by atoms with Crippen LogP contribution in [0.1, 0.15) is 27.2 Å². The van der Waals surface area contributed by atoms with Crippen LogP contribution in [0.15, 0.2) is 53.7 Å². The molecule has 44 heavy (non-hydrogen) atoms.